The zero-order chi connectivity index (χ0) is 12.3. The van der Waals surface area contributed by atoms with E-state index < -0.39 is 0 Å². The van der Waals surface area contributed by atoms with Crippen LogP contribution in [-0.2, 0) is 0 Å². The molecule has 0 aliphatic rings. The summed E-state index contributed by atoms with van der Waals surface area (Å²) in [6, 6.07) is 9.25. The Kier molecular flexibility index (Phi) is 4.29. The maximum atomic E-state index is 6.06. The molecule has 1 unspecified atom stereocenters. The lowest BCUT2D eigenvalue weighted by Gasteiger charge is -2.17. The van der Waals surface area contributed by atoms with Gasteiger partial charge in [-0.2, -0.15) is 0 Å². The SMILES string of the molecule is NCC(Oc1cccc(Cl)c1Cl)c1cccs1. The summed E-state index contributed by atoms with van der Waals surface area (Å²) < 4.78 is 5.79. The quantitative estimate of drug-likeness (QED) is 0.918. The van der Waals surface area contributed by atoms with E-state index in [1.54, 1.807) is 29.5 Å². The number of hydrogen-bond acceptors (Lipinski definition) is 3. The molecule has 1 aromatic carbocycles. The van der Waals surface area contributed by atoms with Gasteiger partial charge < -0.3 is 10.5 Å². The molecule has 0 saturated carbocycles. The maximum absolute atomic E-state index is 6.06. The van der Waals surface area contributed by atoms with Gasteiger partial charge in [0.1, 0.15) is 16.9 Å². The van der Waals surface area contributed by atoms with Gasteiger partial charge in [-0.15, -0.1) is 11.3 Å². The highest BCUT2D eigenvalue weighted by atomic mass is 35.5. The highest BCUT2D eigenvalue weighted by Crippen LogP contribution is 2.34. The summed E-state index contributed by atoms with van der Waals surface area (Å²) in [4.78, 5) is 1.07. The van der Waals surface area contributed by atoms with E-state index in [2.05, 4.69) is 0 Å². The largest absolute Gasteiger partial charge is 0.482 e. The van der Waals surface area contributed by atoms with Crippen molar-refractivity contribution in [3.63, 3.8) is 0 Å². The molecule has 2 N–H and O–H groups in total. The lowest BCUT2D eigenvalue weighted by atomic mass is 10.3. The number of nitrogens with two attached hydrogens (primary N) is 1. The van der Waals surface area contributed by atoms with Crippen LogP contribution in [0, 0.1) is 0 Å². The molecule has 2 nitrogen and oxygen atoms in total. The third-order valence-corrected chi connectivity index (χ3v) is 4.03. The number of benzene rings is 1. The van der Waals surface area contributed by atoms with Crippen molar-refractivity contribution in [2.45, 2.75) is 6.10 Å². The second-order valence-corrected chi connectivity index (χ2v) is 5.17. The fraction of sp³-hybridized carbons (Fsp3) is 0.167. The Morgan fingerprint density at radius 2 is 2.06 bits per heavy atom. The Labute approximate surface area is 114 Å². The second kappa shape index (κ2) is 5.74. The van der Waals surface area contributed by atoms with Gasteiger partial charge in [0.25, 0.3) is 0 Å². The van der Waals surface area contributed by atoms with Crippen LogP contribution in [0.4, 0.5) is 0 Å². The summed E-state index contributed by atoms with van der Waals surface area (Å²) in [5.74, 6) is 0.558. The third kappa shape index (κ3) is 2.93. The number of hydrogen-bond donors (Lipinski definition) is 1. The molecule has 0 aliphatic heterocycles. The van der Waals surface area contributed by atoms with Gasteiger partial charge >= 0.3 is 0 Å². The predicted octanol–water partition coefficient (Wildman–Crippen LogP) is 4.13. The number of thiophene rings is 1. The highest BCUT2D eigenvalue weighted by molar-refractivity contribution is 7.10. The molecule has 1 atom stereocenters. The number of halogens is 2. The van der Waals surface area contributed by atoms with E-state index in [1.165, 1.54) is 0 Å². The summed E-state index contributed by atoms with van der Waals surface area (Å²) in [6.45, 7) is 0.392. The Morgan fingerprint density at radius 3 is 2.71 bits per heavy atom. The molecule has 0 aliphatic carbocycles. The normalized spacial score (nSPS) is 12.4. The fourth-order valence-corrected chi connectivity index (χ4v) is 2.53. The molecule has 0 amide bonds. The molecule has 17 heavy (non-hydrogen) atoms. The maximum Gasteiger partial charge on any atom is 0.145 e. The second-order valence-electron chi connectivity index (χ2n) is 3.41. The Balaban J connectivity index is 2.22. The van der Waals surface area contributed by atoms with Crippen LogP contribution >= 0.6 is 34.5 Å². The summed E-state index contributed by atoms with van der Waals surface area (Å²) in [6.07, 6.45) is -0.189. The summed E-state index contributed by atoms with van der Waals surface area (Å²) in [5, 5.41) is 2.89. The van der Waals surface area contributed by atoms with E-state index in [-0.39, 0.29) is 6.10 Å². The molecular weight excluding hydrogens is 277 g/mol. The van der Waals surface area contributed by atoms with Crippen molar-refractivity contribution >= 4 is 34.5 Å². The molecule has 2 rings (SSSR count). The minimum atomic E-state index is -0.189. The highest BCUT2D eigenvalue weighted by Gasteiger charge is 2.15. The molecule has 0 fully saturated rings. The standard InChI is InChI=1S/C12H11Cl2NOS/c13-8-3-1-4-9(12(8)14)16-10(7-15)11-5-2-6-17-11/h1-6,10H,7,15H2. The van der Waals surface area contributed by atoms with Crippen molar-refractivity contribution in [1.82, 2.24) is 0 Å². The smallest absolute Gasteiger partial charge is 0.145 e. The van der Waals surface area contributed by atoms with E-state index in [1.807, 2.05) is 17.5 Å². The molecule has 5 heteroatoms. The van der Waals surface area contributed by atoms with Crippen LogP contribution in [0.25, 0.3) is 0 Å². The number of ether oxygens (including phenoxy) is 1. The lowest BCUT2D eigenvalue weighted by molar-refractivity contribution is 0.218. The van der Waals surface area contributed by atoms with Gasteiger partial charge in [-0.3, -0.25) is 0 Å². The van der Waals surface area contributed by atoms with Crippen LogP contribution in [0.5, 0.6) is 5.75 Å². The Hall–Kier alpha value is -0.740. The first-order chi connectivity index (χ1) is 8.22. The van der Waals surface area contributed by atoms with Gasteiger partial charge in [0, 0.05) is 11.4 Å². The first-order valence-corrected chi connectivity index (χ1v) is 6.70. The van der Waals surface area contributed by atoms with E-state index >= 15 is 0 Å². The first kappa shape index (κ1) is 12.7. The van der Waals surface area contributed by atoms with Gasteiger partial charge in [-0.05, 0) is 23.6 Å². The van der Waals surface area contributed by atoms with Crippen molar-refractivity contribution < 1.29 is 4.74 Å². The van der Waals surface area contributed by atoms with Crippen LogP contribution in [-0.4, -0.2) is 6.54 Å². The average molecular weight is 288 g/mol. The monoisotopic (exact) mass is 287 g/mol. The molecule has 1 aromatic heterocycles. The first-order valence-electron chi connectivity index (χ1n) is 5.06. The molecule has 0 radical (unpaired) electrons. The van der Waals surface area contributed by atoms with Gasteiger partial charge in [0.15, 0.2) is 0 Å². The molecular formula is C12H11Cl2NOS. The summed E-state index contributed by atoms with van der Waals surface area (Å²) >= 11 is 13.6. The van der Waals surface area contributed by atoms with E-state index in [4.69, 9.17) is 33.7 Å². The topological polar surface area (TPSA) is 35.2 Å². The number of rotatable bonds is 4. The Bertz CT molecular complexity index is 487. The van der Waals surface area contributed by atoms with Gasteiger partial charge in [-0.1, -0.05) is 35.3 Å². The van der Waals surface area contributed by atoms with Crippen LogP contribution < -0.4 is 10.5 Å². The van der Waals surface area contributed by atoms with Crippen LogP contribution in [0.2, 0.25) is 10.0 Å². The van der Waals surface area contributed by atoms with Crippen molar-refractivity contribution in [3.8, 4) is 5.75 Å². The molecule has 0 spiro atoms. The minimum Gasteiger partial charge on any atom is -0.482 e. The summed E-state index contributed by atoms with van der Waals surface area (Å²) in [5.41, 5.74) is 5.71. The van der Waals surface area contributed by atoms with E-state index in [0.29, 0.717) is 22.3 Å². The van der Waals surface area contributed by atoms with Crippen LogP contribution in [0.15, 0.2) is 35.7 Å². The van der Waals surface area contributed by atoms with E-state index in [0.717, 1.165) is 4.88 Å². The third-order valence-electron chi connectivity index (χ3n) is 2.26. The average Bonchev–Trinajstić information content (AvgIpc) is 2.85. The molecule has 0 bridgehead atoms. The van der Waals surface area contributed by atoms with Crippen molar-refractivity contribution in [1.29, 1.82) is 0 Å². The zero-order valence-electron chi connectivity index (χ0n) is 8.90. The van der Waals surface area contributed by atoms with Gasteiger partial charge in [0.05, 0.1) is 5.02 Å². The fourth-order valence-electron chi connectivity index (χ4n) is 1.43. The van der Waals surface area contributed by atoms with E-state index in [9.17, 15) is 0 Å². The molecule has 2 aromatic rings. The van der Waals surface area contributed by atoms with Crippen LogP contribution in [0.1, 0.15) is 11.0 Å². The molecule has 0 saturated heterocycles. The molecule has 90 valence electrons. The zero-order valence-corrected chi connectivity index (χ0v) is 11.2. The Morgan fingerprint density at radius 1 is 1.24 bits per heavy atom. The minimum absolute atomic E-state index is 0.189. The lowest BCUT2D eigenvalue weighted by Crippen LogP contribution is -2.17. The van der Waals surface area contributed by atoms with Gasteiger partial charge in [0.2, 0.25) is 0 Å². The van der Waals surface area contributed by atoms with Crippen molar-refractivity contribution in [2.75, 3.05) is 6.54 Å². The van der Waals surface area contributed by atoms with Gasteiger partial charge in [-0.25, -0.2) is 0 Å². The molecule has 1 heterocycles. The van der Waals surface area contributed by atoms with Crippen molar-refractivity contribution in [2.24, 2.45) is 5.73 Å². The van der Waals surface area contributed by atoms with Crippen molar-refractivity contribution in [3.05, 3.63) is 50.6 Å². The summed E-state index contributed by atoms with van der Waals surface area (Å²) in [7, 11) is 0. The predicted molar refractivity (Wildman–Crippen MR) is 73.2 cm³/mol. The van der Waals surface area contributed by atoms with Crippen LogP contribution in [0.3, 0.4) is 0 Å².